The van der Waals surface area contributed by atoms with Gasteiger partial charge < -0.3 is 4.90 Å². The quantitative estimate of drug-likeness (QED) is 0.537. The number of hydrogen-bond acceptors (Lipinski definition) is 1. The molecule has 92 valence electrons. The third-order valence-electron chi connectivity index (χ3n) is 1.92. The van der Waals surface area contributed by atoms with Crippen LogP contribution in [0, 0.1) is 29.6 Å². The smallest absolute Gasteiger partial charge is 0.246 e. The molecule has 0 radical (unpaired) electrons. The number of amides is 1. The summed E-state index contributed by atoms with van der Waals surface area (Å²) < 4.78 is 0. The maximum absolute atomic E-state index is 11.5. The van der Waals surface area contributed by atoms with Crippen LogP contribution in [0.4, 0.5) is 0 Å². The molecular formula is C15H21NO. The molecule has 0 heterocycles. The van der Waals surface area contributed by atoms with Crippen LogP contribution in [-0.2, 0) is 4.79 Å². The standard InChI is InChI=1S/C15H21NO/c1-5-6-7-8-9-10-11-12-15(17)16(4)13-14(2)3/h11-12,14H,5-6,13H2,1-4H3. The molecule has 0 aromatic rings. The molecule has 1 amide bonds. The number of nitrogens with zero attached hydrogens (tertiary/aromatic N) is 1. The van der Waals surface area contributed by atoms with Crippen LogP contribution in [0.2, 0.25) is 0 Å². The van der Waals surface area contributed by atoms with E-state index in [-0.39, 0.29) is 5.91 Å². The Kier molecular flexibility index (Phi) is 8.61. The normalized spacial score (nSPS) is 9.47. The van der Waals surface area contributed by atoms with Crippen molar-refractivity contribution in [3.05, 3.63) is 12.2 Å². The lowest BCUT2D eigenvalue weighted by Gasteiger charge is -2.16. The van der Waals surface area contributed by atoms with Crippen molar-refractivity contribution in [1.29, 1.82) is 0 Å². The zero-order valence-electron chi connectivity index (χ0n) is 11.2. The molecule has 0 rings (SSSR count). The van der Waals surface area contributed by atoms with Crippen LogP contribution in [0.25, 0.3) is 0 Å². The van der Waals surface area contributed by atoms with E-state index in [1.807, 2.05) is 0 Å². The van der Waals surface area contributed by atoms with Crippen molar-refractivity contribution in [3.8, 4) is 23.7 Å². The van der Waals surface area contributed by atoms with E-state index < -0.39 is 0 Å². The molecule has 0 aliphatic rings. The highest BCUT2D eigenvalue weighted by Gasteiger charge is 2.05. The van der Waals surface area contributed by atoms with Gasteiger partial charge in [-0.15, -0.1) is 0 Å². The van der Waals surface area contributed by atoms with Gasteiger partial charge in [0.2, 0.25) is 5.91 Å². The second-order valence-corrected chi connectivity index (χ2v) is 4.27. The second kappa shape index (κ2) is 9.55. The van der Waals surface area contributed by atoms with E-state index in [1.54, 1.807) is 18.0 Å². The fourth-order valence-corrected chi connectivity index (χ4v) is 1.19. The maximum Gasteiger partial charge on any atom is 0.246 e. The lowest BCUT2D eigenvalue weighted by molar-refractivity contribution is -0.125. The van der Waals surface area contributed by atoms with Gasteiger partial charge in [0.25, 0.3) is 0 Å². The number of allylic oxidation sites excluding steroid dienone is 1. The van der Waals surface area contributed by atoms with Crippen molar-refractivity contribution in [2.24, 2.45) is 5.92 Å². The number of hydrogen-bond donors (Lipinski definition) is 0. The van der Waals surface area contributed by atoms with E-state index in [0.29, 0.717) is 5.92 Å². The number of unbranched alkanes of at least 4 members (excludes halogenated alkanes) is 1. The van der Waals surface area contributed by atoms with Gasteiger partial charge in [-0.1, -0.05) is 32.6 Å². The fraction of sp³-hybridized carbons (Fsp3) is 0.533. The highest BCUT2D eigenvalue weighted by atomic mass is 16.2. The number of rotatable bonds is 4. The molecule has 0 fully saturated rings. The summed E-state index contributed by atoms with van der Waals surface area (Å²) in [4.78, 5) is 13.2. The third kappa shape index (κ3) is 9.27. The molecule has 0 bridgehead atoms. The molecule has 0 aromatic heterocycles. The third-order valence-corrected chi connectivity index (χ3v) is 1.92. The summed E-state index contributed by atoms with van der Waals surface area (Å²) in [5, 5.41) is 0. The molecule has 0 aromatic carbocycles. The molecule has 0 aliphatic carbocycles. The second-order valence-electron chi connectivity index (χ2n) is 4.27. The van der Waals surface area contributed by atoms with E-state index >= 15 is 0 Å². The molecule has 2 nitrogen and oxygen atoms in total. The van der Waals surface area contributed by atoms with Gasteiger partial charge in [0.15, 0.2) is 0 Å². The highest BCUT2D eigenvalue weighted by molar-refractivity contribution is 5.87. The average Bonchev–Trinajstić information content (AvgIpc) is 2.26. The SMILES string of the molecule is CCCC#CC#CC=CC(=O)N(C)CC(C)C. The molecule has 0 atom stereocenters. The zero-order chi connectivity index (χ0) is 13.1. The largest absolute Gasteiger partial charge is 0.342 e. The minimum atomic E-state index is -0.0190. The fourth-order valence-electron chi connectivity index (χ4n) is 1.19. The van der Waals surface area contributed by atoms with E-state index in [4.69, 9.17) is 0 Å². The van der Waals surface area contributed by atoms with Gasteiger partial charge in [-0.25, -0.2) is 0 Å². The minimum Gasteiger partial charge on any atom is -0.342 e. The van der Waals surface area contributed by atoms with Crippen LogP contribution in [0.5, 0.6) is 0 Å². The molecule has 2 heteroatoms. The molecule has 0 spiro atoms. The van der Waals surface area contributed by atoms with Gasteiger partial charge >= 0.3 is 0 Å². The summed E-state index contributed by atoms with van der Waals surface area (Å²) in [7, 11) is 1.79. The predicted molar refractivity (Wildman–Crippen MR) is 72.1 cm³/mol. The molecular weight excluding hydrogens is 210 g/mol. The molecule has 0 aliphatic heterocycles. The minimum absolute atomic E-state index is 0.0190. The molecule has 0 saturated heterocycles. The number of likely N-dealkylation sites (N-methyl/N-ethyl adjacent to an activating group) is 1. The van der Waals surface area contributed by atoms with Crippen LogP contribution in [0.15, 0.2) is 12.2 Å². The molecule has 0 N–H and O–H groups in total. The van der Waals surface area contributed by atoms with Gasteiger partial charge in [-0.3, -0.25) is 4.79 Å². The molecule has 0 unspecified atom stereocenters. The predicted octanol–water partition coefficient (Wildman–Crippen LogP) is 2.46. The maximum atomic E-state index is 11.5. The van der Waals surface area contributed by atoms with E-state index in [2.05, 4.69) is 44.5 Å². The van der Waals surface area contributed by atoms with E-state index in [0.717, 1.165) is 19.4 Å². The van der Waals surface area contributed by atoms with Gasteiger partial charge in [0.05, 0.1) is 0 Å². The first-order chi connectivity index (χ1) is 8.07. The Morgan fingerprint density at radius 2 is 2.06 bits per heavy atom. The summed E-state index contributed by atoms with van der Waals surface area (Å²) in [5.74, 6) is 11.5. The first kappa shape index (κ1) is 15.3. The van der Waals surface area contributed by atoms with Crippen LogP contribution in [0.1, 0.15) is 33.6 Å². The Morgan fingerprint density at radius 3 is 2.65 bits per heavy atom. The summed E-state index contributed by atoms with van der Waals surface area (Å²) in [6.07, 6.45) is 4.95. The van der Waals surface area contributed by atoms with Crippen LogP contribution >= 0.6 is 0 Å². The van der Waals surface area contributed by atoms with Gasteiger partial charge in [-0.05, 0) is 30.3 Å². The Labute approximate surface area is 105 Å². The first-order valence-corrected chi connectivity index (χ1v) is 5.98. The van der Waals surface area contributed by atoms with Crippen LogP contribution in [-0.4, -0.2) is 24.4 Å². The lowest BCUT2D eigenvalue weighted by Crippen LogP contribution is -2.28. The zero-order valence-corrected chi connectivity index (χ0v) is 11.2. The monoisotopic (exact) mass is 231 g/mol. The van der Waals surface area contributed by atoms with Crippen molar-refractivity contribution < 1.29 is 4.79 Å². The van der Waals surface area contributed by atoms with Gasteiger partial charge in [0, 0.05) is 26.1 Å². The van der Waals surface area contributed by atoms with Crippen LogP contribution in [0.3, 0.4) is 0 Å². The molecule has 0 saturated carbocycles. The van der Waals surface area contributed by atoms with E-state index in [1.165, 1.54) is 6.08 Å². The van der Waals surface area contributed by atoms with Crippen molar-refractivity contribution in [2.45, 2.75) is 33.6 Å². The molecule has 17 heavy (non-hydrogen) atoms. The van der Waals surface area contributed by atoms with Crippen LogP contribution < -0.4 is 0 Å². The Balaban J connectivity index is 4.08. The highest BCUT2D eigenvalue weighted by Crippen LogP contribution is 1.96. The summed E-state index contributed by atoms with van der Waals surface area (Å²) >= 11 is 0. The van der Waals surface area contributed by atoms with E-state index in [9.17, 15) is 4.79 Å². The van der Waals surface area contributed by atoms with Crippen molar-refractivity contribution in [1.82, 2.24) is 4.90 Å². The Bertz CT molecular complexity index is 371. The van der Waals surface area contributed by atoms with Gasteiger partial charge in [0.1, 0.15) is 0 Å². The first-order valence-electron chi connectivity index (χ1n) is 5.98. The number of carbonyl (C=O) groups is 1. The van der Waals surface area contributed by atoms with Crippen molar-refractivity contribution >= 4 is 5.91 Å². The summed E-state index contributed by atoms with van der Waals surface area (Å²) in [5.41, 5.74) is 0. The lowest BCUT2D eigenvalue weighted by atomic mass is 10.2. The summed E-state index contributed by atoms with van der Waals surface area (Å²) in [6, 6.07) is 0. The Hall–Kier alpha value is -1.67. The Morgan fingerprint density at radius 1 is 1.35 bits per heavy atom. The topological polar surface area (TPSA) is 20.3 Å². The van der Waals surface area contributed by atoms with Crippen molar-refractivity contribution in [3.63, 3.8) is 0 Å². The average molecular weight is 231 g/mol. The van der Waals surface area contributed by atoms with Gasteiger partial charge in [-0.2, -0.15) is 0 Å². The van der Waals surface area contributed by atoms with Crippen molar-refractivity contribution in [2.75, 3.05) is 13.6 Å². The number of carbonyl (C=O) groups excluding carboxylic acids is 1. The summed E-state index contributed by atoms with van der Waals surface area (Å²) in [6.45, 7) is 6.99.